The molecular weight excluding hydrogens is 757 g/mol. The third-order valence-electron chi connectivity index (χ3n) is 11.5. The molecule has 11 aromatic rings. The van der Waals surface area contributed by atoms with Crippen LogP contribution in [0.15, 0.2) is 231 Å². The molecule has 0 fully saturated rings. The number of hydrogen-bond acceptors (Lipinski definition) is 3. The van der Waals surface area contributed by atoms with Crippen molar-refractivity contribution in [1.82, 2.24) is 9.97 Å². The molecule has 0 spiro atoms. The van der Waals surface area contributed by atoms with Crippen LogP contribution in [-0.2, 0) is 0 Å². The maximum absolute atomic E-state index is 5.15. The van der Waals surface area contributed by atoms with E-state index in [1.165, 1.54) is 53.6 Å². The van der Waals surface area contributed by atoms with E-state index in [9.17, 15) is 0 Å². The van der Waals surface area contributed by atoms with Crippen LogP contribution >= 0.6 is 11.3 Å². The molecule has 3 heterocycles. The summed E-state index contributed by atoms with van der Waals surface area (Å²) in [6, 6.07) is 82.2. The van der Waals surface area contributed by atoms with Crippen molar-refractivity contribution in [3.05, 3.63) is 231 Å². The Labute approximate surface area is 359 Å². The molecule has 3 heteroatoms. The van der Waals surface area contributed by atoms with E-state index in [2.05, 4.69) is 218 Å². The lowest BCUT2D eigenvalue weighted by atomic mass is 9.97. The Hall–Kier alpha value is -7.72. The van der Waals surface area contributed by atoms with Gasteiger partial charge in [-0.25, -0.2) is 9.97 Å². The fraction of sp³-hybridized carbons (Fsp3) is 0. The van der Waals surface area contributed by atoms with Gasteiger partial charge in [0.15, 0.2) is 0 Å². The first-order valence-corrected chi connectivity index (χ1v) is 21.4. The van der Waals surface area contributed by atoms with Crippen molar-refractivity contribution in [3.63, 3.8) is 0 Å². The topological polar surface area (TPSA) is 25.8 Å². The van der Waals surface area contributed by atoms with Crippen LogP contribution in [0, 0.1) is 0 Å². The predicted octanol–water partition coefficient (Wildman–Crippen LogP) is 16.2. The molecule has 2 nitrogen and oxygen atoms in total. The minimum Gasteiger partial charge on any atom is -0.248 e. The van der Waals surface area contributed by atoms with E-state index in [1.807, 2.05) is 23.5 Å². The summed E-state index contributed by atoms with van der Waals surface area (Å²) in [6.45, 7) is 0. The largest absolute Gasteiger partial charge is 0.248 e. The maximum atomic E-state index is 5.15. The zero-order valence-electron chi connectivity index (χ0n) is 33.2. The van der Waals surface area contributed by atoms with E-state index >= 15 is 0 Å². The molecule has 0 amide bonds. The Bertz CT molecular complexity index is 2960. The van der Waals surface area contributed by atoms with E-state index in [-0.39, 0.29) is 0 Å². The summed E-state index contributed by atoms with van der Waals surface area (Å²) in [5.74, 6) is 0. The lowest BCUT2D eigenvalue weighted by Crippen LogP contribution is -1.91. The molecule has 0 unspecified atom stereocenters. The monoisotopic (exact) mass is 794 g/mol. The summed E-state index contributed by atoms with van der Waals surface area (Å²) >= 11 is 1.85. The predicted molar refractivity (Wildman–Crippen MR) is 258 cm³/mol. The molecule has 0 saturated heterocycles. The molecule has 8 aromatic carbocycles. The van der Waals surface area contributed by atoms with Crippen LogP contribution < -0.4 is 0 Å². The van der Waals surface area contributed by atoms with Crippen LogP contribution in [0.2, 0.25) is 0 Å². The molecule has 0 atom stereocenters. The molecule has 0 bridgehead atoms. The maximum Gasteiger partial charge on any atom is 0.0715 e. The van der Waals surface area contributed by atoms with Gasteiger partial charge in [-0.2, -0.15) is 0 Å². The van der Waals surface area contributed by atoms with Crippen LogP contribution in [0.5, 0.6) is 0 Å². The fourth-order valence-electron chi connectivity index (χ4n) is 8.27. The number of benzene rings is 8. The molecular formula is C58H38N2S. The molecule has 286 valence electrons. The lowest BCUT2D eigenvalue weighted by molar-refractivity contribution is 1.32. The minimum atomic E-state index is 0.959. The highest BCUT2D eigenvalue weighted by Gasteiger charge is 2.13. The third-order valence-corrected chi connectivity index (χ3v) is 12.7. The zero-order valence-corrected chi connectivity index (χ0v) is 34.1. The Morgan fingerprint density at radius 1 is 0.213 bits per heavy atom. The van der Waals surface area contributed by atoms with Gasteiger partial charge in [0.2, 0.25) is 0 Å². The smallest absolute Gasteiger partial charge is 0.0715 e. The number of pyridine rings is 2. The summed E-state index contributed by atoms with van der Waals surface area (Å²) in [4.78, 5) is 10.3. The van der Waals surface area contributed by atoms with Crippen LogP contribution in [-0.4, -0.2) is 9.97 Å². The standard InChI is InChI=1S/C58H38N2S/c1-5-13-39(14-6-1)49-35-53(43-17-9-3-10-18-43)59-55(37-49)45-25-21-41(22-26-45)47-29-31-57-51(33-47)52-34-48(30-32-58(52)61-57)42-23-27-46(28-24-42)56-38-50(40-15-7-2-8-16-40)36-54(60-56)44-19-11-4-12-20-44/h1-38H. The summed E-state index contributed by atoms with van der Waals surface area (Å²) in [5, 5.41) is 2.56. The van der Waals surface area contributed by atoms with E-state index < -0.39 is 0 Å². The Morgan fingerprint density at radius 3 is 0.820 bits per heavy atom. The van der Waals surface area contributed by atoms with E-state index in [0.29, 0.717) is 0 Å². The van der Waals surface area contributed by atoms with Gasteiger partial charge in [0, 0.05) is 42.4 Å². The SMILES string of the molecule is c1ccc(-c2cc(-c3ccccc3)nc(-c3ccc(-c4ccc5sc6ccc(-c7ccc(-c8cc(-c9ccccc9)cc(-c9ccccc9)n8)cc7)cc6c5c4)cc3)c2)cc1. The quantitative estimate of drug-likeness (QED) is 0.153. The van der Waals surface area contributed by atoms with Crippen LogP contribution in [0.3, 0.4) is 0 Å². The molecule has 61 heavy (non-hydrogen) atoms. The Balaban J connectivity index is 0.904. The Morgan fingerprint density at radius 2 is 0.475 bits per heavy atom. The van der Waals surface area contributed by atoms with Gasteiger partial charge in [-0.15, -0.1) is 11.3 Å². The van der Waals surface area contributed by atoms with E-state index in [1.54, 1.807) is 0 Å². The van der Waals surface area contributed by atoms with Crippen LogP contribution in [0.4, 0.5) is 0 Å². The normalized spacial score (nSPS) is 11.3. The van der Waals surface area contributed by atoms with Crippen LogP contribution in [0.1, 0.15) is 0 Å². The zero-order chi connectivity index (χ0) is 40.5. The second-order valence-corrected chi connectivity index (χ2v) is 16.5. The first-order valence-electron chi connectivity index (χ1n) is 20.6. The average molecular weight is 795 g/mol. The first kappa shape index (κ1) is 36.4. The number of aromatic nitrogens is 2. The van der Waals surface area contributed by atoms with Gasteiger partial charge in [-0.05, 0) is 93.0 Å². The highest BCUT2D eigenvalue weighted by molar-refractivity contribution is 7.25. The molecule has 0 aliphatic rings. The average Bonchev–Trinajstić information content (AvgIpc) is 3.72. The summed E-state index contributed by atoms with van der Waals surface area (Å²) in [6.07, 6.45) is 0. The van der Waals surface area contributed by atoms with Crippen molar-refractivity contribution < 1.29 is 0 Å². The van der Waals surface area contributed by atoms with Crippen molar-refractivity contribution in [3.8, 4) is 89.5 Å². The van der Waals surface area contributed by atoms with Gasteiger partial charge in [-0.1, -0.05) is 182 Å². The minimum absolute atomic E-state index is 0.959. The van der Waals surface area contributed by atoms with Crippen molar-refractivity contribution in [2.24, 2.45) is 0 Å². The van der Waals surface area contributed by atoms with Crippen molar-refractivity contribution in [2.45, 2.75) is 0 Å². The fourth-order valence-corrected chi connectivity index (χ4v) is 9.34. The number of rotatable bonds is 8. The van der Waals surface area contributed by atoms with Crippen molar-refractivity contribution in [2.75, 3.05) is 0 Å². The summed E-state index contributed by atoms with van der Waals surface area (Å²) in [7, 11) is 0. The van der Waals surface area contributed by atoms with E-state index in [4.69, 9.17) is 9.97 Å². The molecule has 0 aliphatic carbocycles. The number of fused-ring (bicyclic) bond motifs is 3. The summed E-state index contributed by atoms with van der Waals surface area (Å²) in [5.41, 5.74) is 17.7. The van der Waals surface area contributed by atoms with Crippen molar-refractivity contribution in [1.29, 1.82) is 0 Å². The third kappa shape index (κ3) is 7.33. The molecule has 11 rings (SSSR count). The lowest BCUT2D eigenvalue weighted by Gasteiger charge is -2.11. The molecule has 0 aliphatic heterocycles. The molecule has 3 aromatic heterocycles. The molecule has 0 radical (unpaired) electrons. The highest BCUT2D eigenvalue weighted by atomic mass is 32.1. The number of hydrogen-bond donors (Lipinski definition) is 0. The van der Waals surface area contributed by atoms with Gasteiger partial charge in [-0.3, -0.25) is 0 Å². The number of nitrogens with zero attached hydrogens (tertiary/aromatic N) is 2. The Kier molecular flexibility index (Phi) is 9.42. The van der Waals surface area contributed by atoms with Gasteiger partial charge >= 0.3 is 0 Å². The summed E-state index contributed by atoms with van der Waals surface area (Å²) < 4.78 is 2.58. The van der Waals surface area contributed by atoms with E-state index in [0.717, 1.165) is 56.2 Å². The van der Waals surface area contributed by atoms with Gasteiger partial charge in [0.25, 0.3) is 0 Å². The first-order chi connectivity index (χ1) is 30.2. The second kappa shape index (κ2) is 15.8. The van der Waals surface area contributed by atoms with Crippen molar-refractivity contribution >= 4 is 31.5 Å². The number of thiophene rings is 1. The van der Waals surface area contributed by atoms with Gasteiger partial charge in [0.1, 0.15) is 0 Å². The highest BCUT2D eigenvalue weighted by Crippen LogP contribution is 2.40. The van der Waals surface area contributed by atoms with Gasteiger partial charge in [0.05, 0.1) is 22.8 Å². The second-order valence-electron chi connectivity index (χ2n) is 15.4. The van der Waals surface area contributed by atoms with Crippen LogP contribution in [0.25, 0.3) is 110 Å². The molecule has 0 N–H and O–H groups in total. The molecule has 0 saturated carbocycles. The van der Waals surface area contributed by atoms with Gasteiger partial charge < -0.3 is 0 Å².